The van der Waals surface area contributed by atoms with Gasteiger partial charge in [0.2, 0.25) is 0 Å². The summed E-state index contributed by atoms with van der Waals surface area (Å²) < 4.78 is 3.96. The summed E-state index contributed by atoms with van der Waals surface area (Å²) in [5.74, 6) is 0. The molecule has 0 spiro atoms. The molecule has 0 fully saturated rings. The van der Waals surface area contributed by atoms with E-state index >= 15 is 0 Å². The Hall–Kier alpha value is -2.54. The molecule has 2 heterocycles. The molecule has 0 radical (unpaired) electrons. The standard InChI is InChI=1S/C13H10N4/c14-9-11-1-3-12(4-2-11)10-16-7-8-17-13(16)5-6-15-17/h1-8H,10H2. The van der Waals surface area contributed by atoms with Crippen LogP contribution in [0.3, 0.4) is 0 Å². The molecule has 0 aliphatic rings. The Morgan fingerprint density at radius 3 is 2.71 bits per heavy atom. The van der Waals surface area contributed by atoms with E-state index in [9.17, 15) is 0 Å². The number of nitrogens with zero attached hydrogens (tertiary/aromatic N) is 4. The van der Waals surface area contributed by atoms with E-state index in [0.29, 0.717) is 5.56 Å². The number of benzene rings is 1. The smallest absolute Gasteiger partial charge is 0.136 e. The Kier molecular flexibility index (Phi) is 2.16. The van der Waals surface area contributed by atoms with E-state index in [4.69, 9.17) is 5.26 Å². The summed E-state index contributed by atoms with van der Waals surface area (Å²) in [5, 5.41) is 12.9. The van der Waals surface area contributed by atoms with Gasteiger partial charge in [-0.2, -0.15) is 10.4 Å². The fraction of sp³-hybridized carbons (Fsp3) is 0.0769. The van der Waals surface area contributed by atoms with Gasteiger partial charge in [-0.25, -0.2) is 4.52 Å². The SMILES string of the molecule is N#Cc1ccc(Cn2ccn3nccc23)cc1. The second-order valence-corrected chi connectivity index (χ2v) is 3.87. The van der Waals surface area contributed by atoms with Crippen molar-refractivity contribution in [2.75, 3.05) is 0 Å². The van der Waals surface area contributed by atoms with Crippen LogP contribution in [-0.4, -0.2) is 14.2 Å². The van der Waals surface area contributed by atoms with Gasteiger partial charge in [-0.15, -0.1) is 0 Å². The second-order valence-electron chi connectivity index (χ2n) is 3.87. The highest BCUT2D eigenvalue weighted by molar-refractivity contribution is 5.39. The van der Waals surface area contributed by atoms with Gasteiger partial charge in [-0.1, -0.05) is 12.1 Å². The number of rotatable bonds is 2. The van der Waals surface area contributed by atoms with E-state index in [2.05, 4.69) is 15.7 Å². The minimum atomic E-state index is 0.691. The first-order valence-electron chi connectivity index (χ1n) is 5.34. The number of hydrogen-bond acceptors (Lipinski definition) is 2. The minimum Gasteiger partial charge on any atom is -0.327 e. The van der Waals surface area contributed by atoms with E-state index < -0.39 is 0 Å². The van der Waals surface area contributed by atoms with Crippen molar-refractivity contribution in [3.8, 4) is 6.07 Å². The fourth-order valence-corrected chi connectivity index (χ4v) is 1.88. The summed E-state index contributed by atoms with van der Waals surface area (Å²) in [4.78, 5) is 0. The fourth-order valence-electron chi connectivity index (χ4n) is 1.88. The molecule has 0 saturated carbocycles. The van der Waals surface area contributed by atoms with Crippen molar-refractivity contribution in [2.24, 2.45) is 0 Å². The molecule has 0 saturated heterocycles. The maximum atomic E-state index is 8.73. The van der Waals surface area contributed by atoms with Crippen molar-refractivity contribution in [2.45, 2.75) is 6.54 Å². The zero-order chi connectivity index (χ0) is 11.7. The Balaban J connectivity index is 1.92. The van der Waals surface area contributed by atoms with Crippen molar-refractivity contribution in [1.29, 1.82) is 5.26 Å². The molecule has 0 aliphatic heterocycles. The molecule has 0 atom stereocenters. The topological polar surface area (TPSA) is 46.0 Å². The van der Waals surface area contributed by atoms with E-state index in [-0.39, 0.29) is 0 Å². The molecular weight excluding hydrogens is 212 g/mol. The number of imidazole rings is 1. The summed E-state index contributed by atoms with van der Waals surface area (Å²) in [6, 6.07) is 11.7. The highest BCUT2D eigenvalue weighted by Crippen LogP contribution is 2.09. The molecule has 4 heteroatoms. The summed E-state index contributed by atoms with van der Waals surface area (Å²) >= 11 is 0. The molecule has 2 aromatic heterocycles. The lowest BCUT2D eigenvalue weighted by Crippen LogP contribution is -1.98. The van der Waals surface area contributed by atoms with Gasteiger partial charge in [-0.3, -0.25) is 0 Å². The van der Waals surface area contributed by atoms with Crippen LogP contribution in [-0.2, 0) is 6.54 Å². The van der Waals surface area contributed by atoms with Gasteiger partial charge >= 0.3 is 0 Å². The molecule has 3 rings (SSSR count). The minimum absolute atomic E-state index is 0.691. The first-order valence-corrected chi connectivity index (χ1v) is 5.34. The molecule has 82 valence electrons. The first kappa shape index (κ1) is 9.67. The monoisotopic (exact) mass is 222 g/mol. The van der Waals surface area contributed by atoms with Crippen LogP contribution in [0, 0.1) is 11.3 Å². The summed E-state index contributed by atoms with van der Waals surface area (Å²) in [6.45, 7) is 0.786. The molecule has 0 bridgehead atoms. The second kappa shape index (κ2) is 3.80. The van der Waals surface area contributed by atoms with Crippen molar-refractivity contribution < 1.29 is 0 Å². The normalized spacial score (nSPS) is 10.5. The molecule has 3 aromatic rings. The van der Waals surface area contributed by atoms with Crippen molar-refractivity contribution in [1.82, 2.24) is 14.2 Å². The van der Waals surface area contributed by atoms with Crippen molar-refractivity contribution >= 4 is 5.65 Å². The number of nitriles is 1. The lowest BCUT2D eigenvalue weighted by Gasteiger charge is -2.03. The van der Waals surface area contributed by atoms with Crippen molar-refractivity contribution in [3.05, 3.63) is 60.0 Å². The molecule has 1 aromatic carbocycles. The van der Waals surface area contributed by atoms with Crippen LogP contribution < -0.4 is 0 Å². The van der Waals surface area contributed by atoms with Crippen LogP contribution in [0.5, 0.6) is 0 Å². The Labute approximate surface area is 98.3 Å². The lowest BCUT2D eigenvalue weighted by atomic mass is 10.1. The molecule has 0 unspecified atom stereocenters. The molecular formula is C13H10N4. The van der Waals surface area contributed by atoms with Crippen molar-refractivity contribution in [3.63, 3.8) is 0 Å². The van der Waals surface area contributed by atoms with Crippen LogP contribution in [0.4, 0.5) is 0 Å². The zero-order valence-electron chi connectivity index (χ0n) is 9.11. The van der Waals surface area contributed by atoms with Gasteiger partial charge in [0.05, 0.1) is 17.8 Å². The number of fused-ring (bicyclic) bond motifs is 1. The third-order valence-corrected chi connectivity index (χ3v) is 2.77. The molecule has 4 nitrogen and oxygen atoms in total. The van der Waals surface area contributed by atoms with Crippen LogP contribution >= 0.6 is 0 Å². The Bertz CT molecular complexity index is 682. The first-order chi connectivity index (χ1) is 8.36. The lowest BCUT2D eigenvalue weighted by molar-refractivity contribution is 0.825. The number of aromatic nitrogens is 3. The van der Waals surface area contributed by atoms with Gasteiger partial charge in [-0.05, 0) is 17.7 Å². The number of hydrogen-bond donors (Lipinski definition) is 0. The van der Waals surface area contributed by atoms with Gasteiger partial charge in [0, 0.05) is 25.0 Å². The Morgan fingerprint density at radius 1 is 1.12 bits per heavy atom. The van der Waals surface area contributed by atoms with E-state index in [1.54, 1.807) is 6.20 Å². The highest BCUT2D eigenvalue weighted by Gasteiger charge is 2.01. The third kappa shape index (κ3) is 1.68. The maximum Gasteiger partial charge on any atom is 0.136 e. The largest absolute Gasteiger partial charge is 0.327 e. The zero-order valence-corrected chi connectivity index (χ0v) is 9.11. The molecule has 0 aliphatic carbocycles. The summed E-state index contributed by atoms with van der Waals surface area (Å²) in [6.07, 6.45) is 5.71. The summed E-state index contributed by atoms with van der Waals surface area (Å²) in [5.41, 5.74) is 2.92. The molecule has 17 heavy (non-hydrogen) atoms. The van der Waals surface area contributed by atoms with E-state index in [1.807, 2.05) is 47.2 Å². The maximum absolute atomic E-state index is 8.73. The predicted octanol–water partition coefficient (Wildman–Crippen LogP) is 2.06. The average molecular weight is 222 g/mol. The van der Waals surface area contributed by atoms with Crippen LogP contribution in [0.15, 0.2) is 48.9 Å². The molecule has 0 N–H and O–H groups in total. The van der Waals surface area contributed by atoms with Crippen LogP contribution in [0.2, 0.25) is 0 Å². The predicted molar refractivity (Wildman–Crippen MR) is 63.4 cm³/mol. The molecule has 0 amide bonds. The Morgan fingerprint density at radius 2 is 1.94 bits per heavy atom. The van der Waals surface area contributed by atoms with Gasteiger partial charge in [0.1, 0.15) is 5.65 Å². The van der Waals surface area contributed by atoms with Gasteiger partial charge < -0.3 is 4.57 Å². The quantitative estimate of drug-likeness (QED) is 0.666. The van der Waals surface area contributed by atoms with Gasteiger partial charge in [0.25, 0.3) is 0 Å². The highest BCUT2D eigenvalue weighted by atomic mass is 15.3. The van der Waals surface area contributed by atoms with Crippen LogP contribution in [0.1, 0.15) is 11.1 Å². The van der Waals surface area contributed by atoms with E-state index in [1.165, 1.54) is 5.56 Å². The third-order valence-electron chi connectivity index (χ3n) is 2.77. The van der Waals surface area contributed by atoms with E-state index in [0.717, 1.165) is 12.2 Å². The summed E-state index contributed by atoms with van der Waals surface area (Å²) in [7, 11) is 0. The van der Waals surface area contributed by atoms with Gasteiger partial charge in [0.15, 0.2) is 0 Å². The van der Waals surface area contributed by atoms with Crippen LogP contribution in [0.25, 0.3) is 5.65 Å². The average Bonchev–Trinajstić information content (AvgIpc) is 2.95.